The van der Waals surface area contributed by atoms with E-state index in [1.165, 1.54) is 0 Å². The molecule has 1 aliphatic heterocycles. The number of ether oxygens (including phenoxy) is 1. The lowest BCUT2D eigenvalue weighted by atomic mass is 10.1. The van der Waals surface area contributed by atoms with Gasteiger partial charge in [0.15, 0.2) is 5.78 Å². The van der Waals surface area contributed by atoms with Gasteiger partial charge in [-0.3, -0.25) is 9.69 Å². The topological polar surface area (TPSA) is 32.8 Å². The van der Waals surface area contributed by atoms with Gasteiger partial charge in [-0.05, 0) is 27.9 Å². The molecule has 1 saturated heterocycles. The molecule has 0 amide bonds. The lowest BCUT2D eigenvalue weighted by Gasteiger charge is -2.36. The van der Waals surface area contributed by atoms with Crippen molar-refractivity contribution in [3.63, 3.8) is 0 Å². The minimum Gasteiger partial charge on any atom is -0.371 e. The van der Waals surface area contributed by atoms with Gasteiger partial charge in [-0.2, -0.15) is 0 Å². The summed E-state index contributed by atoms with van der Waals surface area (Å²) in [6.45, 7) is 6.94. The predicted molar refractivity (Wildman–Crippen MR) is 60.0 cm³/mol. The van der Waals surface area contributed by atoms with Gasteiger partial charge in [-0.1, -0.05) is 0 Å². The highest BCUT2D eigenvalue weighted by atomic mass is 16.5. The maximum absolute atomic E-state index is 11.9. The van der Waals surface area contributed by atoms with Gasteiger partial charge in [-0.25, -0.2) is 0 Å². The second-order valence-corrected chi connectivity index (χ2v) is 4.58. The molecule has 1 unspecified atom stereocenters. The highest BCUT2D eigenvalue weighted by Crippen LogP contribution is 2.07. The molecule has 0 aliphatic carbocycles. The van der Waals surface area contributed by atoms with Crippen LogP contribution in [0, 0.1) is 0 Å². The molecule has 1 heterocycles. The van der Waals surface area contributed by atoms with Crippen LogP contribution in [-0.4, -0.2) is 68.1 Å². The molecule has 1 fully saturated rings. The molecule has 0 aromatic rings. The molecule has 4 nitrogen and oxygen atoms in total. The molecule has 0 aromatic heterocycles. The summed E-state index contributed by atoms with van der Waals surface area (Å²) in [7, 11) is 4.06. The molecule has 0 radical (unpaired) electrons. The van der Waals surface area contributed by atoms with Crippen molar-refractivity contribution in [2.75, 3.05) is 40.3 Å². The second-order valence-electron chi connectivity index (χ2n) is 4.58. The van der Waals surface area contributed by atoms with Gasteiger partial charge in [0.2, 0.25) is 0 Å². The van der Waals surface area contributed by atoms with Crippen LogP contribution in [0.5, 0.6) is 0 Å². The summed E-state index contributed by atoms with van der Waals surface area (Å²) in [6.07, 6.45) is 0.126. The molecule has 1 atom stereocenters. The number of hydrogen-bond donors (Lipinski definition) is 0. The fourth-order valence-corrected chi connectivity index (χ4v) is 1.70. The summed E-state index contributed by atoms with van der Waals surface area (Å²) >= 11 is 0. The van der Waals surface area contributed by atoms with E-state index in [1.54, 1.807) is 0 Å². The summed E-state index contributed by atoms with van der Waals surface area (Å²) in [5.41, 5.74) is 0. The van der Waals surface area contributed by atoms with Gasteiger partial charge in [0.25, 0.3) is 0 Å². The molecule has 0 N–H and O–H groups in total. The second kappa shape index (κ2) is 5.58. The van der Waals surface area contributed by atoms with Gasteiger partial charge < -0.3 is 9.64 Å². The summed E-state index contributed by atoms with van der Waals surface area (Å²) in [5, 5.41) is 0. The molecule has 4 heteroatoms. The summed E-state index contributed by atoms with van der Waals surface area (Å²) in [5.74, 6) is 0.192. The quantitative estimate of drug-likeness (QED) is 0.670. The van der Waals surface area contributed by atoms with Crippen molar-refractivity contribution in [3.8, 4) is 0 Å². The number of carbonyl (C=O) groups is 1. The van der Waals surface area contributed by atoms with Gasteiger partial charge in [0, 0.05) is 19.6 Å². The van der Waals surface area contributed by atoms with E-state index in [0.717, 1.165) is 19.6 Å². The number of piperazine rings is 1. The highest BCUT2D eigenvalue weighted by molar-refractivity contribution is 5.85. The molecular weight excluding hydrogens is 192 g/mol. The SMILES string of the molecule is CC(C)OCC(=O)C1CN(C)CCN1C. The van der Waals surface area contributed by atoms with Crippen LogP contribution in [-0.2, 0) is 9.53 Å². The Morgan fingerprint density at radius 2 is 2.07 bits per heavy atom. The van der Waals surface area contributed by atoms with Crippen LogP contribution in [0.1, 0.15) is 13.8 Å². The third-order valence-corrected chi connectivity index (χ3v) is 2.78. The van der Waals surface area contributed by atoms with E-state index < -0.39 is 0 Å². The monoisotopic (exact) mass is 214 g/mol. The maximum Gasteiger partial charge on any atom is 0.176 e. The molecule has 88 valence electrons. The number of ketones is 1. The Hall–Kier alpha value is -0.450. The Kier molecular flexibility index (Phi) is 4.70. The van der Waals surface area contributed by atoms with Gasteiger partial charge in [-0.15, -0.1) is 0 Å². The number of likely N-dealkylation sites (N-methyl/N-ethyl adjacent to an activating group) is 2. The lowest BCUT2D eigenvalue weighted by Crippen LogP contribution is -2.54. The van der Waals surface area contributed by atoms with E-state index in [-0.39, 0.29) is 24.5 Å². The third-order valence-electron chi connectivity index (χ3n) is 2.78. The first kappa shape index (κ1) is 12.6. The largest absolute Gasteiger partial charge is 0.371 e. The molecule has 0 saturated carbocycles. The number of nitrogens with zero attached hydrogens (tertiary/aromatic N) is 2. The fourth-order valence-electron chi connectivity index (χ4n) is 1.70. The Bertz CT molecular complexity index is 219. The standard InChI is InChI=1S/C11H22N2O2/c1-9(2)15-8-11(14)10-7-12(3)5-6-13(10)4/h9-10H,5-8H2,1-4H3. The molecule has 1 rings (SSSR count). The number of hydrogen-bond acceptors (Lipinski definition) is 4. The van der Waals surface area contributed by atoms with Crippen LogP contribution >= 0.6 is 0 Å². The number of rotatable bonds is 4. The average Bonchev–Trinajstić information content (AvgIpc) is 2.18. The van der Waals surface area contributed by atoms with Crippen LogP contribution in [0.15, 0.2) is 0 Å². The summed E-state index contributed by atoms with van der Waals surface area (Å²) in [4.78, 5) is 16.2. The van der Waals surface area contributed by atoms with Crippen molar-refractivity contribution in [1.29, 1.82) is 0 Å². The number of Topliss-reactive ketones (excluding diaryl/α,β-unsaturated/α-hetero) is 1. The highest BCUT2D eigenvalue weighted by Gasteiger charge is 2.28. The Labute approximate surface area is 92.2 Å². The van der Waals surface area contributed by atoms with Crippen molar-refractivity contribution >= 4 is 5.78 Å². The van der Waals surface area contributed by atoms with Gasteiger partial charge in [0.1, 0.15) is 6.61 Å². The zero-order valence-corrected chi connectivity index (χ0v) is 10.2. The molecule has 15 heavy (non-hydrogen) atoms. The Morgan fingerprint density at radius 3 is 2.67 bits per heavy atom. The molecule has 0 bridgehead atoms. The first-order chi connectivity index (χ1) is 7.00. The van der Waals surface area contributed by atoms with E-state index >= 15 is 0 Å². The minimum atomic E-state index is 0.00231. The van der Waals surface area contributed by atoms with E-state index in [0.29, 0.717) is 0 Å². The van der Waals surface area contributed by atoms with Crippen LogP contribution in [0.2, 0.25) is 0 Å². The van der Waals surface area contributed by atoms with E-state index in [9.17, 15) is 4.79 Å². The first-order valence-electron chi connectivity index (χ1n) is 5.53. The van der Waals surface area contributed by atoms with Gasteiger partial charge in [0.05, 0.1) is 12.1 Å². The van der Waals surface area contributed by atoms with Crippen LogP contribution in [0.3, 0.4) is 0 Å². The predicted octanol–water partition coefficient (Wildman–Crippen LogP) is 0.226. The molecular formula is C11H22N2O2. The average molecular weight is 214 g/mol. The van der Waals surface area contributed by atoms with Crippen molar-refractivity contribution < 1.29 is 9.53 Å². The fraction of sp³-hybridized carbons (Fsp3) is 0.909. The number of carbonyl (C=O) groups excluding carboxylic acids is 1. The minimum absolute atomic E-state index is 0.00231. The van der Waals surface area contributed by atoms with Crippen LogP contribution in [0.4, 0.5) is 0 Å². The van der Waals surface area contributed by atoms with E-state index in [4.69, 9.17) is 4.74 Å². The van der Waals surface area contributed by atoms with Crippen LogP contribution < -0.4 is 0 Å². The zero-order valence-electron chi connectivity index (χ0n) is 10.2. The van der Waals surface area contributed by atoms with Crippen molar-refractivity contribution in [3.05, 3.63) is 0 Å². The van der Waals surface area contributed by atoms with Crippen molar-refractivity contribution in [1.82, 2.24) is 9.80 Å². The lowest BCUT2D eigenvalue weighted by molar-refractivity contribution is -0.131. The smallest absolute Gasteiger partial charge is 0.176 e. The zero-order chi connectivity index (χ0) is 11.4. The normalized spacial score (nSPS) is 24.7. The maximum atomic E-state index is 11.9. The summed E-state index contributed by atoms with van der Waals surface area (Å²) in [6, 6.07) is 0.00231. The Morgan fingerprint density at radius 1 is 1.40 bits per heavy atom. The molecule has 1 aliphatic rings. The third kappa shape index (κ3) is 3.89. The van der Waals surface area contributed by atoms with Crippen molar-refractivity contribution in [2.45, 2.75) is 26.0 Å². The van der Waals surface area contributed by atoms with E-state index in [2.05, 4.69) is 16.8 Å². The van der Waals surface area contributed by atoms with E-state index in [1.807, 2.05) is 20.9 Å². The van der Waals surface area contributed by atoms with Gasteiger partial charge >= 0.3 is 0 Å². The summed E-state index contributed by atoms with van der Waals surface area (Å²) < 4.78 is 5.35. The van der Waals surface area contributed by atoms with Crippen LogP contribution in [0.25, 0.3) is 0 Å². The van der Waals surface area contributed by atoms with Crippen molar-refractivity contribution in [2.24, 2.45) is 0 Å². The Balaban J connectivity index is 2.42. The molecule has 0 spiro atoms. The molecule has 0 aromatic carbocycles. The first-order valence-corrected chi connectivity index (χ1v) is 5.53.